The van der Waals surface area contributed by atoms with Crippen LogP contribution in [0.25, 0.3) is 0 Å². The second-order valence-corrected chi connectivity index (χ2v) is 11.3. The molecule has 7 nitrogen and oxygen atoms in total. The molecule has 0 aromatic heterocycles. The summed E-state index contributed by atoms with van der Waals surface area (Å²) in [6.45, 7) is 11.8. The van der Waals surface area contributed by atoms with Crippen LogP contribution in [0.5, 0.6) is 0 Å². The van der Waals surface area contributed by atoms with Crippen LogP contribution in [0.15, 0.2) is 17.0 Å². The van der Waals surface area contributed by atoms with E-state index in [1.807, 2.05) is 12.3 Å². The lowest BCUT2D eigenvalue weighted by atomic mass is 9.86. The summed E-state index contributed by atoms with van der Waals surface area (Å²) < 4.78 is 39.4. The number of carbonyl (C=O) groups is 1. The molecule has 1 saturated heterocycles. The lowest BCUT2D eigenvalue weighted by molar-refractivity contribution is -0.384. The van der Waals surface area contributed by atoms with Gasteiger partial charge in [0.05, 0.1) is 13.2 Å². The van der Waals surface area contributed by atoms with Crippen LogP contribution in [-0.4, -0.2) is 70.0 Å². The van der Waals surface area contributed by atoms with Crippen LogP contribution in [-0.2, 0) is 40.8 Å². The van der Waals surface area contributed by atoms with Crippen molar-refractivity contribution in [3.8, 4) is 0 Å². The second kappa shape index (κ2) is 17.1. The van der Waals surface area contributed by atoms with Gasteiger partial charge in [0.25, 0.3) is 0 Å². The molecule has 5 atom stereocenters. The smallest absolute Gasteiger partial charge is 0.225 e. The number of aldehydes is 1. The predicted molar refractivity (Wildman–Crippen MR) is 155 cm³/mol. The largest absolute Gasteiger partial charge is 0.379 e. The molecule has 1 aromatic rings. The molecule has 1 fully saturated rings. The van der Waals surface area contributed by atoms with E-state index in [1.165, 1.54) is 0 Å². The van der Waals surface area contributed by atoms with Gasteiger partial charge in [-0.1, -0.05) is 53.4 Å². The Morgan fingerprint density at radius 1 is 0.897 bits per heavy atom. The van der Waals surface area contributed by atoms with Crippen LogP contribution in [0.3, 0.4) is 0 Å². The standard InChI is InChI=1S/C31H50O7S/c1-6-10-14-33-22-26-28(34-15-11-7-2)29(35-16-12-8-3)30(36-17-13-9-4)31(38-26)25-18-23(20-32)27(39-5)19-24(25)21-37-31/h18-20,26,28-30H,6-17,21-22H2,1-5H3/t26-,28-,29+,30-,31+/m1/s1. The summed E-state index contributed by atoms with van der Waals surface area (Å²) in [5.74, 6) is -1.21. The summed E-state index contributed by atoms with van der Waals surface area (Å²) in [7, 11) is 0. The highest BCUT2D eigenvalue weighted by Gasteiger charge is 2.61. The molecule has 2 aliphatic heterocycles. The summed E-state index contributed by atoms with van der Waals surface area (Å²) >= 11 is 1.56. The van der Waals surface area contributed by atoms with Gasteiger partial charge in [-0.15, -0.1) is 11.8 Å². The zero-order valence-corrected chi connectivity index (χ0v) is 25.5. The van der Waals surface area contributed by atoms with Gasteiger partial charge in [-0.05, 0) is 49.6 Å². The van der Waals surface area contributed by atoms with Crippen molar-refractivity contribution in [2.24, 2.45) is 0 Å². The van der Waals surface area contributed by atoms with E-state index >= 15 is 0 Å². The second-order valence-electron chi connectivity index (χ2n) is 10.4. The minimum absolute atomic E-state index is 0.365. The normalized spacial score (nSPS) is 26.3. The molecule has 0 amide bonds. The molecule has 0 N–H and O–H groups in total. The molecule has 0 saturated carbocycles. The highest BCUT2D eigenvalue weighted by Crippen LogP contribution is 2.49. The van der Waals surface area contributed by atoms with Crippen molar-refractivity contribution < 1.29 is 33.2 Å². The van der Waals surface area contributed by atoms with Gasteiger partial charge in [0.2, 0.25) is 5.79 Å². The Morgan fingerprint density at radius 2 is 1.51 bits per heavy atom. The van der Waals surface area contributed by atoms with Gasteiger partial charge < -0.3 is 28.4 Å². The zero-order chi connectivity index (χ0) is 28.1. The van der Waals surface area contributed by atoms with Crippen molar-refractivity contribution in [3.05, 3.63) is 28.8 Å². The number of fused-ring (bicyclic) bond motifs is 2. The maximum Gasteiger partial charge on any atom is 0.225 e. The number of rotatable bonds is 19. The molecule has 0 bridgehead atoms. The Balaban J connectivity index is 2.07. The minimum atomic E-state index is -1.21. The molecule has 3 rings (SSSR count). The zero-order valence-electron chi connectivity index (χ0n) is 24.7. The van der Waals surface area contributed by atoms with Crippen LogP contribution < -0.4 is 0 Å². The van der Waals surface area contributed by atoms with Gasteiger partial charge in [0.1, 0.15) is 24.4 Å². The molecule has 2 heterocycles. The van der Waals surface area contributed by atoms with E-state index in [2.05, 4.69) is 33.8 Å². The van der Waals surface area contributed by atoms with Crippen LogP contribution >= 0.6 is 11.8 Å². The van der Waals surface area contributed by atoms with E-state index in [0.717, 1.165) is 73.7 Å². The van der Waals surface area contributed by atoms with Crippen molar-refractivity contribution in [2.45, 2.75) is 121 Å². The van der Waals surface area contributed by atoms with Gasteiger partial charge >= 0.3 is 0 Å². The molecule has 0 aliphatic carbocycles. The van der Waals surface area contributed by atoms with Gasteiger partial charge in [-0.3, -0.25) is 4.79 Å². The molecular formula is C31H50O7S. The molecule has 222 valence electrons. The van der Waals surface area contributed by atoms with Gasteiger partial charge in [-0.2, -0.15) is 0 Å². The molecular weight excluding hydrogens is 516 g/mol. The molecule has 1 spiro atoms. The average molecular weight is 567 g/mol. The Hall–Kier alpha value is -1.00. The van der Waals surface area contributed by atoms with Crippen LogP contribution in [0.4, 0.5) is 0 Å². The maximum absolute atomic E-state index is 12.1. The molecule has 0 unspecified atom stereocenters. The van der Waals surface area contributed by atoms with Crippen LogP contribution in [0, 0.1) is 0 Å². The summed E-state index contributed by atoms with van der Waals surface area (Å²) in [6, 6.07) is 3.97. The number of unbranched alkanes of at least 4 members (excludes halogenated alkanes) is 4. The Kier molecular flexibility index (Phi) is 14.2. The highest BCUT2D eigenvalue weighted by molar-refractivity contribution is 7.98. The first-order valence-electron chi connectivity index (χ1n) is 15.0. The number of hydrogen-bond acceptors (Lipinski definition) is 8. The lowest BCUT2D eigenvalue weighted by Gasteiger charge is -2.51. The van der Waals surface area contributed by atoms with Crippen molar-refractivity contribution in [1.82, 2.24) is 0 Å². The van der Waals surface area contributed by atoms with Crippen LogP contribution in [0.1, 0.15) is 101 Å². The fourth-order valence-electron chi connectivity index (χ4n) is 5.15. The third-order valence-corrected chi connectivity index (χ3v) is 8.22. The summed E-state index contributed by atoms with van der Waals surface area (Å²) in [4.78, 5) is 13.0. The monoisotopic (exact) mass is 566 g/mol. The SMILES string of the molecule is CCCCOC[C@H]1O[C@]2(OCc3cc(SC)c(C=O)cc32)[C@H](OCCCC)[C@@H](OCCCC)[C@@H]1OCCCC. The molecule has 2 aliphatic rings. The number of hydrogen-bond donors (Lipinski definition) is 0. The number of thioether (sulfide) groups is 1. The van der Waals surface area contributed by atoms with E-state index in [4.69, 9.17) is 28.4 Å². The Bertz CT molecular complexity index is 866. The Labute approximate surface area is 240 Å². The van der Waals surface area contributed by atoms with Crippen molar-refractivity contribution in [3.63, 3.8) is 0 Å². The van der Waals surface area contributed by atoms with Gasteiger partial charge in [0, 0.05) is 42.4 Å². The third kappa shape index (κ3) is 8.06. The summed E-state index contributed by atoms with van der Waals surface area (Å²) in [5.41, 5.74) is 2.48. The number of benzene rings is 1. The van der Waals surface area contributed by atoms with E-state index in [-0.39, 0.29) is 6.10 Å². The predicted octanol–water partition coefficient (Wildman–Crippen LogP) is 6.68. The van der Waals surface area contributed by atoms with Crippen molar-refractivity contribution >= 4 is 18.0 Å². The molecule has 0 radical (unpaired) electrons. The fraction of sp³-hybridized carbons (Fsp3) is 0.774. The number of ether oxygens (including phenoxy) is 6. The number of carbonyl (C=O) groups excluding carboxylic acids is 1. The average Bonchev–Trinajstić information content (AvgIpc) is 3.30. The van der Waals surface area contributed by atoms with Crippen molar-refractivity contribution in [1.29, 1.82) is 0 Å². The first-order valence-corrected chi connectivity index (χ1v) is 16.2. The third-order valence-electron chi connectivity index (χ3n) is 7.43. The molecule has 8 heteroatoms. The van der Waals surface area contributed by atoms with E-state index in [0.29, 0.717) is 45.2 Å². The van der Waals surface area contributed by atoms with E-state index in [9.17, 15) is 4.79 Å². The first kappa shape index (κ1) is 32.5. The summed E-state index contributed by atoms with van der Waals surface area (Å²) in [6.07, 6.45) is 9.07. The van der Waals surface area contributed by atoms with E-state index in [1.54, 1.807) is 11.8 Å². The summed E-state index contributed by atoms with van der Waals surface area (Å²) in [5, 5.41) is 0. The topological polar surface area (TPSA) is 72.5 Å². The fourth-order valence-corrected chi connectivity index (χ4v) is 5.75. The minimum Gasteiger partial charge on any atom is -0.379 e. The van der Waals surface area contributed by atoms with Crippen molar-refractivity contribution in [2.75, 3.05) is 39.3 Å². The quantitative estimate of drug-likeness (QED) is 0.104. The Morgan fingerprint density at radius 3 is 2.13 bits per heavy atom. The molecule has 1 aromatic carbocycles. The van der Waals surface area contributed by atoms with E-state index < -0.39 is 24.1 Å². The van der Waals surface area contributed by atoms with Crippen LogP contribution in [0.2, 0.25) is 0 Å². The first-order chi connectivity index (χ1) is 19.1. The maximum atomic E-state index is 12.1. The highest BCUT2D eigenvalue weighted by atomic mass is 32.2. The van der Waals surface area contributed by atoms with Gasteiger partial charge in [-0.25, -0.2) is 0 Å². The van der Waals surface area contributed by atoms with Gasteiger partial charge in [0.15, 0.2) is 6.29 Å². The lowest BCUT2D eigenvalue weighted by Crippen LogP contribution is -2.66. The molecule has 39 heavy (non-hydrogen) atoms.